The van der Waals surface area contributed by atoms with Crippen LogP contribution in [-0.2, 0) is 0 Å². The van der Waals surface area contributed by atoms with Crippen molar-refractivity contribution in [2.24, 2.45) is 0 Å². The first kappa shape index (κ1) is 14.6. The maximum Gasteiger partial charge on any atom is 0.336 e. The first-order chi connectivity index (χ1) is 9.58. The first-order valence-corrected chi connectivity index (χ1v) is 7.18. The smallest absolute Gasteiger partial charge is 0.336 e. The largest absolute Gasteiger partial charge is 0.478 e. The van der Waals surface area contributed by atoms with E-state index in [0.29, 0.717) is 15.5 Å². The Morgan fingerprint density at radius 1 is 1.10 bits per heavy atom. The number of rotatable bonds is 5. The molecule has 5 heteroatoms. The van der Waals surface area contributed by atoms with Gasteiger partial charge in [-0.15, -0.1) is 11.8 Å². The van der Waals surface area contributed by atoms with Crippen LogP contribution < -0.4 is 0 Å². The molecule has 0 saturated carbocycles. The van der Waals surface area contributed by atoms with Crippen molar-refractivity contribution < 1.29 is 14.7 Å². The molecule has 0 aliphatic rings. The third kappa shape index (κ3) is 3.62. The van der Waals surface area contributed by atoms with Crippen LogP contribution in [0.5, 0.6) is 0 Å². The zero-order chi connectivity index (χ0) is 14.5. The van der Waals surface area contributed by atoms with E-state index < -0.39 is 5.97 Å². The lowest BCUT2D eigenvalue weighted by Crippen LogP contribution is -2.04. The van der Waals surface area contributed by atoms with Crippen LogP contribution in [-0.4, -0.2) is 22.6 Å². The zero-order valence-electron chi connectivity index (χ0n) is 10.4. The summed E-state index contributed by atoms with van der Waals surface area (Å²) in [7, 11) is 0. The highest BCUT2D eigenvalue weighted by molar-refractivity contribution is 8.00. The number of hydrogen-bond acceptors (Lipinski definition) is 3. The van der Waals surface area contributed by atoms with Crippen LogP contribution in [0.3, 0.4) is 0 Å². The quantitative estimate of drug-likeness (QED) is 0.670. The molecule has 0 amide bonds. The van der Waals surface area contributed by atoms with Crippen LogP contribution in [0, 0.1) is 0 Å². The molecule has 0 saturated heterocycles. The SMILES string of the molecule is O=C(CSc1ccc(Cl)cc1C(=O)O)c1ccccc1. The van der Waals surface area contributed by atoms with E-state index in [2.05, 4.69) is 0 Å². The number of aromatic carboxylic acids is 1. The van der Waals surface area contributed by atoms with Gasteiger partial charge >= 0.3 is 5.97 Å². The molecule has 0 spiro atoms. The predicted molar refractivity (Wildman–Crippen MR) is 79.9 cm³/mol. The van der Waals surface area contributed by atoms with E-state index in [4.69, 9.17) is 16.7 Å². The Morgan fingerprint density at radius 3 is 2.45 bits per heavy atom. The van der Waals surface area contributed by atoms with Gasteiger partial charge in [0.15, 0.2) is 5.78 Å². The Morgan fingerprint density at radius 2 is 1.80 bits per heavy atom. The number of carboxylic acids is 1. The second kappa shape index (κ2) is 6.59. The summed E-state index contributed by atoms with van der Waals surface area (Å²) in [6.45, 7) is 0. The zero-order valence-corrected chi connectivity index (χ0v) is 11.9. The minimum Gasteiger partial charge on any atom is -0.478 e. The molecule has 2 aromatic carbocycles. The Balaban J connectivity index is 2.12. The third-order valence-electron chi connectivity index (χ3n) is 2.63. The van der Waals surface area contributed by atoms with Gasteiger partial charge in [-0.1, -0.05) is 41.9 Å². The summed E-state index contributed by atoms with van der Waals surface area (Å²) >= 11 is 6.98. The maximum atomic E-state index is 12.0. The fourth-order valence-corrected chi connectivity index (χ4v) is 2.74. The van der Waals surface area contributed by atoms with Gasteiger partial charge in [-0.05, 0) is 18.2 Å². The third-order valence-corrected chi connectivity index (χ3v) is 3.94. The van der Waals surface area contributed by atoms with Crippen LogP contribution in [0.1, 0.15) is 20.7 Å². The van der Waals surface area contributed by atoms with Crippen molar-refractivity contribution in [3.8, 4) is 0 Å². The van der Waals surface area contributed by atoms with Crippen molar-refractivity contribution >= 4 is 35.1 Å². The fourth-order valence-electron chi connectivity index (χ4n) is 1.65. The molecule has 0 unspecified atom stereocenters. The van der Waals surface area contributed by atoms with E-state index in [0.717, 1.165) is 0 Å². The number of thioether (sulfide) groups is 1. The summed E-state index contributed by atoms with van der Waals surface area (Å²) in [5.74, 6) is -0.907. The molecule has 0 bridgehead atoms. The van der Waals surface area contributed by atoms with Crippen LogP contribution in [0.15, 0.2) is 53.4 Å². The minimum absolute atomic E-state index is 0.0399. The number of hydrogen-bond donors (Lipinski definition) is 1. The van der Waals surface area contributed by atoms with Gasteiger partial charge in [-0.2, -0.15) is 0 Å². The second-order valence-electron chi connectivity index (χ2n) is 4.02. The summed E-state index contributed by atoms with van der Waals surface area (Å²) in [6, 6.07) is 13.5. The second-order valence-corrected chi connectivity index (χ2v) is 5.48. The van der Waals surface area contributed by atoms with E-state index in [9.17, 15) is 9.59 Å². The highest BCUT2D eigenvalue weighted by Gasteiger charge is 2.13. The Hall–Kier alpha value is -1.78. The van der Waals surface area contributed by atoms with Crippen molar-refractivity contribution in [2.75, 3.05) is 5.75 Å². The monoisotopic (exact) mass is 306 g/mol. The maximum absolute atomic E-state index is 12.0. The lowest BCUT2D eigenvalue weighted by atomic mass is 10.2. The molecule has 3 nitrogen and oxygen atoms in total. The van der Waals surface area contributed by atoms with E-state index >= 15 is 0 Å². The van der Waals surface area contributed by atoms with Crippen LogP contribution in [0.4, 0.5) is 0 Å². The molecule has 102 valence electrons. The number of carbonyl (C=O) groups is 2. The average molecular weight is 307 g/mol. The molecule has 0 aliphatic carbocycles. The fraction of sp³-hybridized carbons (Fsp3) is 0.0667. The summed E-state index contributed by atoms with van der Waals surface area (Å²) < 4.78 is 0. The lowest BCUT2D eigenvalue weighted by Gasteiger charge is -2.06. The molecule has 20 heavy (non-hydrogen) atoms. The van der Waals surface area contributed by atoms with Crippen LogP contribution in [0.25, 0.3) is 0 Å². The van der Waals surface area contributed by atoms with Gasteiger partial charge in [0.05, 0.1) is 11.3 Å². The summed E-state index contributed by atoms with van der Waals surface area (Å²) in [5.41, 5.74) is 0.731. The molecule has 1 N–H and O–H groups in total. The summed E-state index contributed by atoms with van der Waals surface area (Å²) in [5, 5.41) is 9.48. The standard InChI is InChI=1S/C15H11ClO3S/c16-11-6-7-14(12(8-11)15(18)19)20-9-13(17)10-4-2-1-3-5-10/h1-8H,9H2,(H,18,19). The molecule has 2 rings (SSSR count). The van der Waals surface area contributed by atoms with Crippen molar-refractivity contribution in [3.63, 3.8) is 0 Å². The van der Waals surface area contributed by atoms with Crippen molar-refractivity contribution in [1.29, 1.82) is 0 Å². The molecule has 0 aromatic heterocycles. The van der Waals surface area contributed by atoms with Gasteiger partial charge in [0.2, 0.25) is 0 Å². The highest BCUT2D eigenvalue weighted by atomic mass is 35.5. The number of carboxylic acid groups (broad SMARTS) is 1. The van der Waals surface area contributed by atoms with Crippen molar-refractivity contribution in [2.45, 2.75) is 4.90 Å². The number of ketones is 1. The summed E-state index contributed by atoms with van der Waals surface area (Å²) in [4.78, 5) is 23.6. The van der Waals surface area contributed by atoms with Crippen molar-refractivity contribution in [1.82, 2.24) is 0 Å². The van der Waals surface area contributed by atoms with Crippen LogP contribution in [0.2, 0.25) is 5.02 Å². The van der Waals surface area contributed by atoms with Gasteiger partial charge in [-0.3, -0.25) is 4.79 Å². The van der Waals surface area contributed by atoms with E-state index in [1.165, 1.54) is 17.8 Å². The van der Waals surface area contributed by atoms with E-state index in [1.54, 1.807) is 36.4 Å². The van der Waals surface area contributed by atoms with Gasteiger partial charge in [0.25, 0.3) is 0 Å². The Bertz CT molecular complexity index is 641. The molecular formula is C15H11ClO3S. The predicted octanol–water partition coefficient (Wildman–Crippen LogP) is 4.01. The molecule has 0 fully saturated rings. The Kier molecular flexibility index (Phi) is 4.82. The number of benzene rings is 2. The van der Waals surface area contributed by atoms with E-state index in [1.807, 2.05) is 6.07 Å². The van der Waals surface area contributed by atoms with Gasteiger partial charge in [-0.25, -0.2) is 4.79 Å². The first-order valence-electron chi connectivity index (χ1n) is 5.82. The summed E-state index contributed by atoms with van der Waals surface area (Å²) in [6.07, 6.45) is 0. The van der Waals surface area contributed by atoms with Gasteiger partial charge in [0.1, 0.15) is 0 Å². The molecule has 0 heterocycles. The lowest BCUT2D eigenvalue weighted by molar-refractivity contribution is 0.0692. The minimum atomic E-state index is -1.05. The molecular weight excluding hydrogens is 296 g/mol. The molecule has 0 radical (unpaired) electrons. The molecule has 0 atom stereocenters. The number of halogens is 1. The highest BCUT2D eigenvalue weighted by Crippen LogP contribution is 2.26. The molecule has 2 aromatic rings. The normalized spacial score (nSPS) is 10.2. The number of carbonyl (C=O) groups excluding carboxylic acids is 1. The van der Waals surface area contributed by atoms with Crippen molar-refractivity contribution in [3.05, 3.63) is 64.7 Å². The molecule has 0 aliphatic heterocycles. The Labute approximate surface area is 125 Å². The topological polar surface area (TPSA) is 54.4 Å². The van der Waals surface area contributed by atoms with E-state index in [-0.39, 0.29) is 17.1 Å². The number of Topliss-reactive ketones (excluding diaryl/α,β-unsaturated/α-hetero) is 1. The van der Waals surface area contributed by atoms with Gasteiger partial charge in [0, 0.05) is 15.5 Å². The van der Waals surface area contributed by atoms with Gasteiger partial charge < -0.3 is 5.11 Å². The average Bonchev–Trinajstić information content (AvgIpc) is 2.46. The van der Waals surface area contributed by atoms with Crippen LogP contribution >= 0.6 is 23.4 Å².